The number of aryl methyl sites for hydroxylation is 3. The van der Waals surface area contributed by atoms with E-state index in [-0.39, 0.29) is 17.9 Å². The minimum atomic E-state index is -0.119. The van der Waals surface area contributed by atoms with Gasteiger partial charge in [0.15, 0.2) is 0 Å². The number of ether oxygens (including phenoxy) is 1. The molecule has 0 atom stereocenters. The Kier molecular flexibility index (Phi) is 4.46. The lowest BCUT2D eigenvalue weighted by Gasteiger charge is -2.06. The number of anilines is 1. The molecular formula is C19H19N3O3S. The Morgan fingerprint density at radius 1 is 1.31 bits per heavy atom. The topological polar surface area (TPSA) is 84.1 Å². The van der Waals surface area contributed by atoms with Gasteiger partial charge in [-0.1, -0.05) is 0 Å². The maximum Gasteiger partial charge on any atom is 0.259 e. The third-order valence-corrected chi connectivity index (χ3v) is 5.77. The fourth-order valence-corrected chi connectivity index (χ4v) is 4.58. The molecule has 4 rings (SSSR count). The molecule has 0 aliphatic heterocycles. The number of carbonyl (C=O) groups is 1. The highest BCUT2D eigenvalue weighted by Gasteiger charge is 2.21. The van der Waals surface area contributed by atoms with Gasteiger partial charge in [-0.15, -0.1) is 11.3 Å². The highest BCUT2D eigenvalue weighted by atomic mass is 32.1. The van der Waals surface area contributed by atoms with Crippen molar-refractivity contribution >= 4 is 33.1 Å². The Labute approximate surface area is 154 Å². The van der Waals surface area contributed by atoms with Crippen molar-refractivity contribution in [1.29, 1.82) is 0 Å². The number of methoxy groups -OCH3 is 1. The summed E-state index contributed by atoms with van der Waals surface area (Å²) >= 11 is 1.61. The van der Waals surface area contributed by atoms with Crippen LogP contribution in [0.4, 0.5) is 5.69 Å². The van der Waals surface area contributed by atoms with E-state index in [2.05, 4.69) is 15.3 Å². The molecule has 26 heavy (non-hydrogen) atoms. The van der Waals surface area contributed by atoms with E-state index in [1.54, 1.807) is 42.7 Å². The maximum atomic E-state index is 12.4. The van der Waals surface area contributed by atoms with Gasteiger partial charge < -0.3 is 15.0 Å². The molecule has 1 aliphatic carbocycles. The predicted octanol–water partition coefficient (Wildman–Crippen LogP) is 3.05. The summed E-state index contributed by atoms with van der Waals surface area (Å²) in [6.07, 6.45) is 3.77. The number of nitrogens with one attached hydrogen (secondary N) is 2. The minimum absolute atomic E-state index is 0.0834. The van der Waals surface area contributed by atoms with Gasteiger partial charge >= 0.3 is 0 Å². The van der Waals surface area contributed by atoms with Gasteiger partial charge in [-0.05, 0) is 49.1 Å². The van der Waals surface area contributed by atoms with E-state index >= 15 is 0 Å². The van der Waals surface area contributed by atoms with Crippen LogP contribution in [0.2, 0.25) is 0 Å². The van der Waals surface area contributed by atoms with E-state index in [1.807, 2.05) is 0 Å². The first kappa shape index (κ1) is 16.8. The van der Waals surface area contributed by atoms with Crippen molar-refractivity contribution in [1.82, 2.24) is 9.97 Å². The summed E-state index contributed by atoms with van der Waals surface area (Å²) in [7, 11) is 1.60. The number of nitrogens with zero attached hydrogens (tertiary/aromatic N) is 1. The number of aromatic nitrogens is 2. The minimum Gasteiger partial charge on any atom is -0.497 e. The van der Waals surface area contributed by atoms with Crippen LogP contribution in [0.1, 0.15) is 29.1 Å². The zero-order chi connectivity index (χ0) is 18.1. The van der Waals surface area contributed by atoms with E-state index in [4.69, 9.17) is 4.74 Å². The van der Waals surface area contributed by atoms with Crippen LogP contribution in [0, 0.1) is 0 Å². The number of carbonyl (C=O) groups excluding carboxylic acids is 1. The van der Waals surface area contributed by atoms with Gasteiger partial charge in [-0.3, -0.25) is 9.59 Å². The lowest BCUT2D eigenvalue weighted by atomic mass is 10.2. The van der Waals surface area contributed by atoms with Crippen LogP contribution in [0.3, 0.4) is 0 Å². The molecule has 0 saturated heterocycles. The Hall–Kier alpha value is -2.67. The van der Waals surface area contributed by atoms with Crippen LogP contribution >= 0.6 is 11.3 Å². The van der Waals surface area contributed by atoms with Gasteiger partial charge in [0.1, 0.15) is 16.4 Å². The van der Waals surface area contributed by atoms with Gasteiger partial charge in [0.25, 0.3) is 5.56 Å². The molecule has 0 radical (unpaired) electrons. The fourth-order valence-electron chi connectivity index (χ4n) is 3.30. The van der Waals surface area contributed by atoms with Gasteiger partial charge in [0, 0.05) is 23.4 Å². The van der Waals surface area contributed by atoms with Gasteiger partial charge in [0.2, 0.25) is 5.91 Å². The summed E-state index contributed by atoms with van der Waals surface area (Å²) in [5.41, 5.74) is 1.80. The zero-order valence-electron chi connectivity index (χ0n) is 14.4. The number of fused-ring (bicyclic) bond motifs is 3. The molecule has 0 unspecified atom stereocenters. The van der Waals surface area contributed by atoms with Crippen LogP contribution in [0.5, 0.6) is 5.75 Å². The Balaban J connectivity index is 1.44. The van der Waals surface area contributed by atoms with Crippen LogP contribution in [-0.2, 0) is 24.1 Å². The molecule has 3 aromatic rings. The van der Waals surface area contributed by atoms with Crippen LogP contribution < -0.4 is 15.6 Å². The van der Waals surface area contributed by atoms with E-state index in [1.165, 1.54) is 10.4 Å². The number of H-pyrrole nitrogens is 1. The van der Waals surface area contributed by atoms with Crippen molar-refractivity contribution in [2.45, 2.75) is 32.1 Å². The number of amides is 1. The number of hydrogen-bond donors (Lipinski definition) is 2. The number of rotatable bonds is 5. The fraction of sp³-hybridized carbons (Fsp3) is 0.316. The van der Waals surface area contributed by atoms with E-state index in [0.717, 1.165) is 35.2 Å². The molecule has 2 aromatic heterocycles. The molecule has 1 amide bonds. The van der Waals surface area contributed by atoms with Gasteiger partial charge in [-0.2, -0.15) is 0 Å². The Morgan fingerprint density at radius 2 is 2.12 bits per heavy atom. The van der Waals surface area contributed by atoms with Crippen molar-refractivity contribution in [2.24, 2.45) is 0 Å². The first-order chi connectivity index (χ1) is 12.6. The van der Waals surface area contributed by atoms with E-state index in [0.29, 0.717) is 17.9 Å². The molecule has 0 saturated carbocycles. The highest BCUT2D eigenvalue weighted by molar-refractivity contribution is 7.18. The summed E-state index contributed by atoms with van der Waals surface area (Å²) in [5, 5.41) is 3.58. The van der Waals surface area contributed by atoms with Crippen molar-refractivity contribution < 1.29 is 9.53 Å². The second-order valence-corrected chi connectivity index (χ2v) is 7.41. The molecule has 6 nitrogen and oxygen atoms in total. The second-order valence-electron chi connectivity index (χ2n) is 6.33. The van der Waals surface area contributed by atoms with Gasteiger partial charge in [0.05, 0.1) is 12.5 Å². The molecule has 134 valence electrons. The first-order valence-electron chi connectivity index (χ1n) is 8.61. The first-order valence-corrected chi connectivity index (χ1v) is 9.43. The average molecular weight is 369 g/mol. The number of aromatic amines is 1. The molecule has 0 fully saturated rings. The van der Waals surface area contributed by atoms with Crippen molar-refractivity contribution in [3.8, 4) is 5.75 Å². The molecule has 7 heteroatoms. The van der Waals surface area contributed by atoms with Crippen molar-refractivity contribution in [3.05, 3.63) is 50.9 Å². The highest BCUT2D eigenvalue weighted by Crippen LogP contribution is 2.34. The monoisotopic (exact) mass is 369 g/mol. The Morgan fingerprint density at radius 3 is 2.88 bits per heavy atom. The smallest absolute Gasteiger partial charge is 0.259 e. The SMILES string of the molecule is COc1ccc(NC(=O)CCc2nc3sc4c(c3c(=O)[nH]2)CCC4)cc1. The summed E-state index contributed by atoms with van der Waals surface area (Å²) < 4.78 is 5.09. The molecule has 0 spiro atoms. The quantitative estimate of drug-likeness (QED) is 0.724. The van der Waals surface area contributed by atoms with Crippen molar-refractivity contribution in [2.75, 3.05) is 12.4 Å². The molecule has 1 aliphatic rings. The normalized spacial score (nSPS) is 13.0. The summed E-state index contributed by atoms with van der Waals surface area (Å²) in [4.78, 5) is 34.0. The lowest BCUT2D eigenvalue weighted by Crippen LogP contribution is -2.16. The third kappa shape index (κ3) is 3.22. The van der Waals surface area contributed by atoms with Crippen LogP contribution in [0.15, 0.2) is 29.1 Å². The third-order valence-electron chi connectivity index (χ3n) is 4.59. The average Bonchev–Trinajstić information content (AvgIpc) is 3.21. The van der Waals surface area contributed by atoms with Crippen LogP contribution in [0.25, 0.3) is 10.2 Å². The van der Waals surface area contributed by atoms with Crippen molar-refractivity contribution in [3.63, 3.8) is 0 Å². The summed E-state index contributed by atoms with van der Waals surface area (Å²) in [6, 6.07) is 7.16. The number of thiophene rings is 1. The lowest BCUT2D eigenvalue weighted by molar-refractivity contribution is -0.116. The molecular weight excluding hydrogens is 350 g/mol. The molecule has 1 aromatic carbocycles. The number of benzene rings is 1. The summed E-state index contributed by atoms with van der Waals surface area (Å²) in [6.45, 7) is 0. The molecule has 2 heterocycles. The van der Waals surface area contributed by atoms with E-state index < -0.39 is 0 Å². The zero-order valence-corrected chi connectivity index (χ0v) is 15.2. The predicted molar refractivity (Wildman–Crippen MR) is 102 cm³/mol. The number of hydrogen-bond acceptors (Lipinski definition) is 5. The van der Waals surface area contributed by atoms with Gasteiger partial charge in [-0.25, -0.2) is 4.98 Å². The standard InChI is InChI=1S/C19H19N3O3S/c1-25-12-7-5-11(6-8-12)20-16(23)10-9-15-21-18(24)17-13-3-2-4-14(13)26-19(17)22-15/h5-8H,2-4,9-10H2,1H3,(H,20,23)(H,21,22,24). The molecule has 2 N–H and O–H groups in total. The summed E-state index contributed by atoms with van der Waals surface area (Å²) in [5.74, 6) is 1.18. The Bertz CT molecular complexity index is 1020. The van der Waals surface area contributed by atoms with Crippen LogP contribution in [-0.4, -0.2) is 23.0 Å². The second kappa shape index (κ2) is 6.92. The largest absolute Gasteiger partial charge is 0.497 e. The van der Waals surface area contributed by atoms with E-state index in [9.17, 15) is 9.59 Å². The molecule has 0 bridgehead atoms. The maximum absolute atomic E-state index is 12.4.